The van der Waals surface area contributed by atoms with Crippen LogP contribution in [0.4, 0.5) is 0 Å². The summed E-state index contributed by atoms with van der Waals surface area (Å²) in [6.07, 6.45) is 0. The van der Waals surface area contributed by atoms with Gasteiger partial charge < -0.3 is 10.1 Å². The molecular weight excluding hydrogens is 228 g/mol. The lowest BCUT2D eigenvalue weighted by molar-refractivity contribution is -0.124. The second-order valence-corrected chi connectivity index (χ2v) is 4.61. The van der Waals surface area contributed by atoms with Crippen molar-refractivity contribution in [1.82, 2.24) is 10.3 Å². The molecule has 0 spiro atoms. The zero-order chi connectivity index (χ0) is 12.1. The predicted molar refractivity (Wildman–Crippen MR) is 60.4 cm³/mol. The molecule has 1 heterocycles. The molecule has 1 amide bonds. The van der Waals surface area contributed by atoms with Gasteiger partial charge in [-0.2, -0.15) is 0 Å². The molecule has 16 heavy (non-hydrogen) atoms. The number of ether oxygens (including phenoxy) is 1. The van der Waals surface area contributed by atoms with E-state index in [9.17, 15) is 9.59 Å². The van der Waals surface area contributed by atoms with Crippen LogP contribution in [0, 0.1) is 6.92 Å². The van der Waals surface area contributed by atoms with Gasteiger partial charge in [0, 0.05) is 11.4 Å². The number of amides is 1. The van der Waals surface area contributed by atoms with Crippen molar-refractivity contribution in [2.75, 3.05) is 6.61 Å². The molecule has 0 aliphatic carbocycles. The van der Waals surface area contributed by atoms with Crippen molar-refractivity contribution in [3.63, 3.8) is 0 Å². The fourth-order valence-corrected chi connectivity index (χ4v) is 1.61. The van der Waals surface area contributed by atoms with Crippen molar-refractivity contribution in [2.45, 2.75) is 26.8 Å². The van der Waals surface area contributed by atoms with Crippen LogP contribution in [-0.2, 0) is 9.53 Å². The quantitative estimate of drug-likeness (QED) is 0.804. The van der Waals surface area contributed by atoms with Crippen LogP contribution < -0.4 is 5.32 Å². The van der Waals surface area contributed by atoms with Crippen molar-refractivity contribution < 1.29 is 14.3 Å². The van der Waals surface area contributed by atoms with Crippen molar-refractivity contribution in [3.05, 3.63) is 16.1 Å². The van der Waals surface area contributed by atoms with Crippen LogP contribution in [0.25, 0.3) is 0 Å². The van der Waals surface area contributed by atoms with E-state index in [-0.39, 0.29) is 24.2 Å². The molecule has 0 aliphatic heterocycles. The molecule has 1 aromatic heterocycles. The summed E-state index contributed by atoms with van der Waals surface area (Å²) in [4.78, 5) is 26.5. The van der Waals surface area contributed by atoms with Crippen molar-refractivity contribution >= 4 is 23.2 Å². The second-order valence-electron chi connectivity index (χ2n) is 3.55. The maximum absolute atomic E-state index is 11.4. The summed E-state index contributed by atoms with van der Waals surface area (Å²) in [5.74, 6) is -0.876. The van der Waals surface area contributed by atoms with Crippen LogP contribution in [-0.4, -0.2) is 29.5 Å². The topological polar surface area (TPSA) is 68.3 Å². The third-order valence-corrected chi connectivity index (χ3v) is 2.39. The first kappa shape index (κ1) is 12.6. The molecule has 0 aliphatic rings. The van der Waals surface area contributed by atoms with E-state index in [1.54, 1.807) is 12.3 Å². The Balaban J connectivity index is 2.38. The fraction of sp³-hybridized carbons (Fsp3) is 0.500. The summed E-state index contributed by atoms with van der Waals surface area (Å²) < 4.78 is 4.80. The van der Waals surface area contributed by atoms with E-state index in [1.165, 1.54) is 11.3 Å². The van der Waals surface area contributed by atoms with E-state index >= 15 is 0 Å². The Bertz CT molecular complexity index is 387. The van der Waals surface area contributed by atoms with Gasteiger partial charge in [-0.05, 0) is 20.8 Å². The van der Waals surface area contributed by atoms with Crippen molar-refractivity contribution in [2.24, 2.45) is 0 Å². The summed E-state index contributed by atoms with van der Waals surface area (Å²) in [6, 6.07) is 0.0349. The Morgan fingerprint density at radius 1 is 1.56 bits per heavy atom. The highest BCUT2D eigenvalue weighted by Crippen LogP contribution is 2.08. The highest BCUT2D eigenvalue weighted by molar-refractivity contribution is 7.09. The number of aryl methyl sites for hydroxylation is 1. The van der Waals surface area contributed by atoms with Crippen LogP contribution in [0.5, 0.6) is 0 Å². The molecule has 0 unspecified atom stereocenters. The van der Waals surface area contributed by atoms with Gasteiger partial charge in [0.2, 0.25) is 0 Å². The van der Waals surface area contributed by atoms with E-state index in [4.69, 9.17) is 4.74 Å². The molecule has 1 N–H and O–H groups in total. The number of carbonyl (C=O) groups is 2. The Morgan fingerprint density at radius 2 is 2.25 bits per heavy atom. The number of hydrogen-bond donors (Lipinski definition) is 1. The standard InChI is InChI=1S/C10H14N2O3S/c1-6(2)11-9(13)4-15-10(14)8-5-16-7(3)12-8/h5-6H,4H2,1-3H3,(H,11,13). The fourth-order valence-electron chi connectivity index (χ4n) is 1.03. The van der Waals surface area contributed by atoms with E-state index in [0.717, 1.165) is 5.01 Å². The van der Waals surface area contributed by atoms with Crippen LogP contribution >= 0.6 is 11.3 Å². The van der Waals surface area contributed by atoms with Gasteiger partial charge in [0.05, 0.1) is 5.01 Å². The van der Waals surface area contributed by atoms with Gasteiger partial charge in [0.1, 0.15) is 0 Å². The minimum Gasteiger partial charge on any atom is -0.451 e. The smallest absolute Gasteiger partial charge is 0.358 e. The van der Waals surface area contributed by atoms with Crippen LogP contribution in [0.3, 0.4) is 0 Å². The first-order valence-electron chi connectivity index (χ1n) is 4.87. The summed E-state index contributed by atoms with van der Waals surface area (Å²) >= 11 is 1.37. The molecule has 0 radical (unpaired) electrons. The third-order valence-electron chi connectivity index (χ3n) is 1.61. The summed E-state index contributed by atoms with van der Waals surface area (Å²) in [7, 11) is 0. The van der Waals surface area contributed by atoms with Gasteiger partial charge in [-0.25, -0.2) is 9.78 Å². The average molecular weight is 242 g/mol. The molecule has 1 rings (SSSR count). The van der Waals surface area contributed by atoms with Gasteiger partial charge in [-0.1, -0.05) is 0 Å². The summed E-state index contributed by atoms with van der Waals surface area (Å²) in [5, 5.41) is 5.02. The molecule has 0 aromatic carbocycles. The molecule has 0 fully saturated rings. The zero-order valence-corrected chi connectivity index (χ0v) is 10.3. The highest BCUT2D eigenvalue weighted by Gasteiger charge is 2.13. The van der Waals surface area contributed by atoms with Gasteiger partial charge in [-0.3, -0.25) is 4.79 Å². The Kier molecular flexibility index (Phi) is 4.42. The number of carbonyl (C=O) groups excluding carboxylic acids is 2. The lowest BCUT2D eigenvalue weighted by Gasteiger charge is -2.07. The number of rotatable bonds is 4. The van der Waals surface area contributed by atoms with Crippen molar-refractivity contribution in [1.29, 1.82) is 0 Å². The zero-order valence-electron chi connectivity index (χ0n) is 9.44. The minimum absolute atomic E-state index is 0.0349. The SMILES string of the molecule is Cc1nc(C(=O)OCC(=O)NC(C)C)cs1. The number of esters is 1. The number of thiazole rings is 1. The molecule has 88 valence electrons. The molecule has 0 atom stereocenters. The predicted octanol–water partition coefficient (Wildman–Crippen LogP) is 1.13. The van der Waals surface area contributed by atoms with Gasteiger partial charge >= 0.3 is 5.97 Å². The summed E-state index contributed by atoms with van der Waals surface area (Å²) in [5.41, 5.74) is 0.250. The largest absolute Gasteiger partial charge is 0.451 e. The van der Waals surface area contributed by atoms with E-state index in [0.29, 0.717) is 0 Å². The molecule has 0 saturated carbocycles. The van der Waals surface area contributed by atoms with Crippen LogP contribution in [0.1, 0.15) is 29.3 Å². The Hall–Kier alpha value is -1.43. The minimum atomic E-state index is -0.566. The second kappa shape index (κ2) is 5.60. The number of nitrogens with zero attached hydrogens (tertiary/aromatic N) is 1. The lowest BCUT2D eigenvalue weighted by atomic mass is 10.4. The molecule has 6 heteroatoms. The van der Waals surface area contributed by atoms with Gasteiger partial charge in [0.15, 0.2) is 12.3 Å². The van der Waals surface area contributed by atoms with Crippen molar-refractivity contribution in [3.8, 4) is 0 Å². The maximum Gasteiger partial charge on any atom is 0.358 e. The van der Waals surface area contributed by atoms with Crippen LogP contribution in [0.2, 0.25) is 0 Å². The molecule has 0 bridgehead atoms. The van der Waals surface area contributed by atoms with E-state index in [1.807, 2.05) is 13.8 Å². The van der Waals surface area contributed by atoms with E-state index < -0.39 is 5.97 Å². The molecule has 0 saturated heterocycles. The third kappa shape index (κ3) is 3.98. The average Bonchev–Trinajstić information content (AvgIpc) is 2.60. The Labute approximate surface area is 97.8 Å². The van der Waals surface area contributed by atoms with Crippen LogP contribution in [0.15, 0.2) is 5.38 Å². The first-order valence-corrected chi connectivity index (χ1v) is 5.75. The van der Waals surface area contributed by atoms with Gasteiger partial charge in [0.25, 0.3) is 5.91 Å². The molecular formula is C10H14N2O3S. The summed E-state index contributed by atoms with van der Waals surface area (Å²) in [6.45, 7) is 5.20. The maximum atomic E-state index is 11.4. The number of hydrogen-bond acceptors (Lipinski definition) is 5. The molecule has 5 nitrogen and oxygen atoms in total. The van der Waals surface area contributed by atoms with E-state index in [2.05, 4.69) is 10.3 Å². The molecule has 1 aromatic rings. The van der Waals surface area contributed by atoms with Gasteiger partial charge in [-0.15, -0.1) is 11.3 Å². The number of aromatic nitrogens is 1. The Morgan fingerprint density at radius 3 is 2.75 bits per heavy atom. The monoisotopic (exact) mass is 242 g/mol. The lowest BCUT2D eigenvalue weighted by Crippen LogP contribution is -2.34. The highest BCUT2D eigenvalue weighted by atomic mass is 32.1. The normalized spacial score (nSPS) is 10.2. The first-order chi connectivity index (χ1) is 7.49. The number of nitrogens with one attached hydrogen (secondary N) is 1.